The predicted molar refractivity (Wildman–Crippen MR) is 80.8 cm³/mol. The number of likely N-dealkylation sites (N-methyl/N-ethyl adjacent to an activating group) is 1. The summed E-state index contributed by atoms with van der Waals surface area (Å²) in [6.45, 7) is 4.08. The average Bonchev–Trinajstić information content (AvgIpc) is 2.92. The number of nitrogens with zero attached hydrogens (tertiary/aromatic N) is 1. The van der Waals surface area contributed by atoms with Crippen molar-refractivity contribution < 1.29 is 4.79 Å². The summed E-state index contributed by atoms with van der Waals surface area (Å²) in [5, 5.41) is 3.30. The molecule has 0 radical (unpaired) electrons. The van der Waals surface area contributed by atoms with Gasteiger partial charge in [0.05, 0.1) is 0 Å². The Morgan fingerprint density at radius 2 is 2.11 bits per heavy atom. The second kappa shape index (κ2) is 7.51. The Hall–Kier alpha value is -1.06. The Balaban J connectivity index is 0.00000180. The van der Waals surface area contributed by atoms with E-state index in [9.17, 15) is 4.79 Å². The highest BCUT2D eigenvalue weighted by Crippen LogP contribution is 2.20. The summed E-state index contributed by atoms with van der Waals surface area (Å²) in [6.07, 6.45) is 1.67. The Bertz CT molecular complexity index is 390. The minimum atomic E-state index is 0. The zero-order valence-corrected chi connectivity index (χ0v) is 12.5. The molecule has 1 N–H and O–H groups in total. The second-order valence-corrected chi connectivity index (χ2v) is 5.17. The molecule has 2 unspecified atom stereocenters. The van der Waals surface area contributed by atoms with Gasteiger partial charge in [-0.15, -0.1) is 12.4 Å². The lowest BCUT2D eigenvalue weighted by Gasteiger charge is -2.25. The normalized spacial score (nSPS) is 19.6. The number of benzene rings is 1. The van der Waals surface area contributed by atoms with Crippen LogP contribution >= 0.6 is 12.4 Å². The molecular formula is C15H23ClN2O. The molecule has 0 spiro atoms. The molecule has 2 rings (SSSR count). The molecule has 2 atom stereocenters. The van der Waals surface area contributed by atoms with E-state index in [1.54, 1.807) is 0 Å². The molecule has 1 aromatic rings. The van der Waals surface area contributed by atoms with Crippen LogP contribution in [0.1, 0.15) is 31.2 Å². The number of halogens is 1. The minimum Gasteiger partial charge on any atom is -0.341 e. The molecule has 1 aliphatic heterocycles. The number of carbonyl (C=O) groups excluding carboxylic acids is 1. The van der Waals surface area contributed by atoms with Crippen LogP contribution in [-0.4, -0.2) is 37.0 Å². The monoisotopic (exact) mass is 282 g/mol. The summed E-state index contributed by atoms with van der Waals surface area (Å²) in [6, 6.07) is 10.6. The average molecular weight is 283 g/mol. The van der Waals surface area contributed by atoms with Crippen LogP contribution in [0.5, 0.6) is 0 Å². The van der Waals surface area contributed by atoms with Crippen LogP contribution in [0.25, 0.3) is 0 Å². The molecule has 0 aromatic heterocycles. The van der Waals surface area contributed by atoms with Crippen molar-refractivity contribution in [2.24, 2.45) is 0 Å². The van der Waals surface area contributed by atoms with Crippen LogP contribution in [0.15, 0.2) is 30.3 Å². The van der Waals surface area contributed by atoms with E-state index in [1.165, 1.54) is 5.56 Å². The van der Waals surface area contributed by atoms with Crippen LogP contribution in [0.2, 0.25) is 0 Å². The van der Waals surface area contributed by atoms with Gasteiger partial charge in [-0.25, -0.2) is 0 Å². The van der Waals surface area contributed by atoms with E-state index in [-0.39, 0.29) is 24.2 Å². The molecule has 0 bridgehead atoms. The van der Waals surface area contributed by atoms with E-state index in [0.29, 0.717) is 12.5 Å². The largest absolute Gasteiger partial charge is 0.341 e. The highest BCUT2D eigenvalue weighted by molar-refractivity contribution is 5.85. The molecule has 1 saturated heterocycles. The van der Waals surface area contributed by atoms with Crippen molar-refractivity contribution in [1.82, 2.24) is 10.2 Å². The molecule has 1 heterocycles. The van der Waals surface area contributed by atoms with Crippen molar-refractivity contribution in [2.45, 2.75) is 31.7 Å². The van der Waals surface area contributed by atoms with E-state index in [2.05, 4.69) is 24.4 Å². The number of rotatable bonds is 4. The summed E-state index contributed by atoms with van der Waals surface area (Å²) in [7, 11) is 1.93. The minimum absolute atomic E-state index is 0. The third-order valence-electron chi connectivity index (χ3n) is 3.82. The maximum atomic E-state index is 12.2. The molecule has 1 amide bonds. The molecule has 1 aromatic carbocycles. The van der Waals surface area contributed by atoms with E-state index in [1.807, 2.05) is 30.1 Å². The Kier molecular flexibility index (Phi) is 6.32. The highest BCUT2D eigenvalue weighted by atomic mass is 35.5. The summed E-state index contributed by atoms with van der Waals surface area (Å²) < 4.78 is 0. The van der Waals surface area contributed by atoms with Crippen LogP contribution in [0.3, 0.4) is 0 Å². The van der Waals surface area contributed by atoms with Crippen molar-refractivity contribution in [2.75, 3.05) is 20.1 Å². The van der Waals surface area contributed by atoms with Gasteiger partial charge in [0.15, 0.2) is 0 Å². The lowest BCUT2D eigenvalue weighted by Crippen LogP contribution is -2.38. The lowest BCUT2D eigenvalue weighted by atomic mass is 9.97. The maximum Gasteiger partial charge on any atom is 0.223 e. The molecule has 0 aliphatic carbocycles. The molecule has 4 heteroatoms. The first-order valence-corrected chi connectivity index (χ1v) is 6.70. The van der Waals surface area contributed by atoms with Gasteiger partial charge in [0, 0.05) is 26.1 Å². The zero-order valence-electron chi connectivity index (χ0n) is 11.6. The Morgan fingerprint density at radius 1 is 1.42 bits per heavy atom. The first kappa shape index (κ1) is 16.0. The van der Waals surface area contributed by atoms with Crippen LogP contribution in [-0.2, 0) is 4.79 Å². The molecule has 106 valence electrons. The molecule has 1 fully saturated rings. The van der Waals surface area contributed by atoms with Crippen LogP contribution in [0, 0.1) is 0 Å². The van der Waals surface area contributed by atoms with Gasteiger partial charge in [0.1, 0.15) is 0 Å². The molecule has 0 saturated carbocycles. The van der Waals surface area contributed by atoms with E-state index in [0.717, 1.165) is 19.5 Å². The summed E-state index contributed by atoms with van der Waals surface area (Å²) in [5.41, 5.74) is 1.24. The van der Waals surface area contributed by atoms with Crippen molar-refractivity contribution in [3.05, 3.63) is 35.9 Å². The highest BCUT2D eigenvalue weighted by Gasteiger charge is 2.24. The van der Waals surface area contributed by atoms with Gasteiger partial charge in [0.2, 0.25) is 5.91 Å². The third-order valence-corrected chi connectivity index (χ3v) is 3.82. The Morgan fingerprint density at radius 3 is 2.68 bits per heavy atom. The smallest absolute Gasteiger partial charge is 0.223 e. The Labute approximate surface area is 121 Å². The van der Waals surface area contributed by atoms with Gasteiger partial charge < -0.3 is 10.2 Å². The first-order valence-electron chi connectivity index (χ1n) is 6.70. The molecule has 19 heavy (non-hydrogen) atoms. The topological polar surface area (TPSA) is 32.3 Å². The van der Waals surface area contributed by atoms with Gasteiger partial charge in [0.25, 0.3) is 0 Å². The van der Waals surface area contributed by atoms with Gasteiger partial charge in [-0.3, -0.25) is 4.79 Å². The maximum absolute atomic E-state index is 12.2. The number of amides is 1. The standard InChI is InChI=1S/C15H22N2O.ClH/c1-12(13-6-4-3-5-7-13)10-15(18)17(2)14-8-9-16-11-14;/h3-7,12,14,16H,8-11H2,1-2H3;1H. The number of hydrogen-bond donors (Lipinski definition) is 1. The fourth-order valence-corrected chi connectivity index (χ4v) is 2.48. The zero-order chi connectivity index (χ0) is 13.0. The third kappa shape index (κ3) is 4.22. The quantitative estimate of drug-likeness (QED) is 0.920. The SMILES string of the molecule is CC(CC(=O)N(C)C1CCNC1)c1ccccc1.Cl. The fourth-order valence-electron chi connectivity index (χ4n) is 2.48. The van der Waals surface area contributed by atoms with Crippen molar-refractivity contribution in [3.63, 3.8) is 0 Å². The van der Waals surface area contributed by atoms with Gasteiger partial charge in [-0.1, -0.05) is 37.3 Å². The number of nitrogens with one attached hydrogen (secondary N) is 1. The number of carbonyl (C=O) groups is 1. The fraction of sp³-hybridized carbons (Fsp3) is 0.533. The summed E-state index contributed by atoms with van der Waals surface area (Å²) >= 11 is 0. The second-order valence-electron chi connectivity index (χ2n) is 5.17. The van der Waals surface area contributed by atoms with Crippen molar-refractivity contribution >= 4 is 18.3 Å². The molecule has 1 aliphatic rings. The van der Waals surface area contributed by atoms with Crippen molar-refractivity contribution in [1.29, 1.82) is 0 Å². The van der Waals surface area contributed by atoms with E-state index in [4.69, 9.17) is 0 Å². The summed E-state index contributed by atoms with van der Waals surface area (Å²) in [4.78, 5) is 14.1. The number of hydrogen-bond acceptors (Lipinski definition) is 2. The van der Waals surface area contributed by atoms with Gasteiger partial charge >= 0.3 is 0 Å². The van der Waals surface area contributed by atoms with Gasteiger partial charge in [-0.2, -0.15) is 0 Å². The molecule has 3 nitrogen and oxygen atoms in total. The van der Waals surface area contributed by atoms with E-state index >= 15 is 0 Å². The van der Waals surface area contributed by atoms with Crippen molar-refractivity contribution in [3.8, 4) is 0 Å². The first-order chi connectivity index (χ1) is 8.68. The summed E-state index contributed by atoms with van der Waals surface area (Å²) in [5.74, 6) is 0.538. The molecular weight excluding hydrogens is 260 g/mol. The van der Waals surface area contributed by atoms with Crippen LogP contribution in [0.4, 0.5) is 0 Å². The predicted octanol–water partition coefficient (Wildman–Crippen LogP) is 2.42. The lowest BCUT2D eigenvalue weighted by molar-refractivity contribution is -0.132. The van der Waals surface area contributed by atoms with E-state index < -0.39 is 0 Å². The van der Waals surface area contributed by atoms with Crippen LogP contribution < -0.4 is 5.32 Å². The van der Waals surface area contributed by atoms with Gasteiger partial charge in [-0.05, 0) is 24.4 Å².